The molecule has 0 bridgehead atoms. The maximum atomic E-state index is 11.9. The van der Waals surface area contributed by atoms with Crippen molar-refractivity contribution in [3.63, 3.8) is 0 Å². The Morgan fingerprint density at radius 2 is 1.92 bits per heavy atom. The normalized spacial score (nSPS) is 11.8. The van der Waals surface area contributed by atoms with Crippen LogP contribution in [0.3, 0.4) is 0 Å². The second kappa shape index (κ2) is 6.77. The Balaban J connectivity index is 2.42. The molecule has 0 aliphatic heterocycles. The van der Waals surface area contributed by atoms with Crippen molar-refractivity contribution in [2.45, 2.75) is 11.8 Å². The summed E-state index contributed by atoms with van der Waals surface area (Å²) >= 11 is 0. The minimum absolute atomic E-state index is 0.0443. The lowest BCUT2D eigenvalue weighted by molar-refractivity contribution is -0.385. The monoisotopic (exact) mass is 348 g/mol. The van der Waals surface area contributed by atoms with Crippen molar-refractivity contribution >= 4 is 27.6 Å². The number of rotatable bonds is 5. The SMILES string of the molecule is CNS(=O)(=O)c1cc(N=Cc2cc([N+](=O)[O-])ccc2[O-])ccc1C. The Morgan fingerprint density at radius 1 is 1.21 bits per heavy atom. The molecular formula is C15H14N3O5S-. The summed E-state index contributed by atoms with van der Waals surface area (Å²) in [6.45, 7) is 1.65. The summed E-state index contributed by atoms with van der Waals surface area (Å²) in [5, 5.41) is 22.5. The Labute approximate surface area is 138 Å². The lowest BCUT2D eigenvalue weighted by Gasteiger charge is -2.09. The van der Waals surface area contributed by atoms with Crippen LogP contribution in [0.15, 0.2) is 46.3 Å². The largest absolute Gasteiger partial charge is 0.872 e. The van der Waals surface area contributed by atoms with E-state index in [1.54, 1.807) is 19.1 Å². The van der Waals surface area contributed by atoms with E-state index in [2.05, 4.69) is 9.71 Å². The molecule has 0 saturated carbocycles. The van der Waals surface area contributed by atoms with E-state index < -0.39 is 20.7 Å². The van der Waals surface area contributed by atoms with Crippen LogP contribution in [-0.2, 0) is 10.0 Å². The number of hydrogen-bond donors (Lipinski definition) is 1. The number of aliphatic imine (C=N–C) groups is 1. The molecule has 0 amide bonds. The number of nitrogens with one attached hydrogen (secondary N) is 1. The molecular weight excluding hydrogens is 334 g/mol. The van der Waals surface area contributed by atoms with E-state index in [-0.39, 0.29) is 16.1 Å². The number of sulfonamides is 1. The first-order valence-corrected chi connectivity index (χ1v) is 8.26. The van der Waals surface area contributed by atoms with Gasteiger partial charge < -0.3 is 5.11 Å². The molecule has 2 aromatic rings. The van der Waals surface area contributed by atoms with Crippen LogP contribution in [0.25, 0.3) is 0 Å². The first-order valence-electron chi connectivity index (χ1n) is 6.78. The zero-order chi connectivity index (χ0) is 17.9. The Morgan fingerprint density at radius 3 is 2.54 bits per heavy atom. The molecule has 2 aromatic carbocycles. The van der Waals surface area contributed by atoms with E-state index in [1.165, 1.54) is 19.3 Å². The highest BCUT2D eigenvalue weighted by molar-refractivity contribution is 7.89. The molecule has 24 heavy (non-hydrogen) atoms. The lowest BCUT2D eigenvalue weighted by atomic mass is 10.2. The van der Waals surface area contributed by atoms with Crippen LogP contribution in [0.4, 0.5) is 11.4 Å². The fraction of sp³-hybridized carbons (Fsp3) is 0.133. The van der Waals surface area contributed by atoms with E-state index in [4.69, 9.17) is 0 Å². The standard InChI is InChI=1S/C15H15N3O5S/c1-10-3-4-12(8-15(10)24(22,23)16-2)17-9-11-7-13(18(20)21)5-6-14(11)19/h3-9,16,19H,1-2H3/p-1. The molecule has 1 N–H and O–H groups in total. The first-order chi connectivity index (χ1) is 11.2. The van der Waals surface area contributed by atoms with Crippen molar-refractivity contribution in [3.8, 4) is 5.75 Å². The third kappa shape index (κ3) is 3.76. The van der Waals surface area contributed by atoms with Gasteiger partial charge in [-0.15, -0.1) is 0 Å². The van der Waals surface area contributed by atoms with Gasteiger partial charge in [0.15, 0.2) is 0 Å². The minimum atomic E-state index is -3.64. The van der Waals surface area contributed by atoms with E-state index in [0.717, 1.165) is 18.2 Å². The summed E-state index contributed by atoms with van der Waals surface area (Å²) < 4.78 is 26.1. The van der Waals surface area contributed by atoms with Gasteiger partial charge in [-0.1, -0.05) is 17.9 Å². The molecule has 0 spiro atoms. The highest BCUT2D eigenvalue weighted by Crippen LogP contribution is 2.23. The van der Waals surface area contributed by atoms with Gasteiger partial charge in [0.2, 0.25) is 10.0 Å². The van der Waals surface area contributed by atoms with Crippen LogP contribution in [0, 0.1) is 17.0 Å². The molecule has 0 aliphatic carbocycles. The van der Waals surface area contributed by atoms with Gasteiger partial charge in [0.05, 0.1) is 15.5 Å². The van der Waals surface area contributed by atoms with Gasteiger partial charge in [0.25, 0.3) is 5.69 Å². The molecule has 8 nitrogen and oxygen atoms in total. The van der Waals surface area contributed by atoms with E-state index in [1.807, 2.05) is 0 Å². The van der Waals surface area contributed by atoms with Gasteiger partial charge in [-0.2, -0.15) is 0 Å². The Bertz CT molecular complexity index is 923. The van der Waals surface area contributed by atoms with Crippen LogP contribution >= 0.6 is 0 Å². The van der Waals surface area contributed by atoms with Gasteiger partial charge in [-0.25, -0.2) is 13.1 Å². The number of nitrogens with zero attached hydrogens (tertiary/aromatic N) is 2. The zero-order valence-corrected chi connectivity index (χ0v) is 13.7. The van der Waals surface area contributed by atoms with Crippen molar-refractivity contribution < 1.29 is 18.4 Å². The number of benzene rings is 2. The average molecular weight is 348 g/mol. The summed E-state index contributed by atoms with van der Waals surface area (Å²) in [5.74, 6) is -0.417. The van der Waals surface area contributed by atoms with Gasteiger partial charge in [-0.05, 0) is 37.2 Å². The summed E-state index contributed by atoms with van der Waals surface area (Å²) in [5.41, 5.74) is 0.671. The van der Waals surface area contributed by atoms with E-state index in [0.29, 0.717) is 11.3 Å². The van der Waals surface area contributed by atoms with Crippen molar-refractivity contribution in [2.24, 2.45) is 4.99 Å². The number of non-ortho nitro benzene ring substituents is 1. The topological polar surface area (TPSA) is 125 Å². The molecule has 126 valence electrons. The molecule has 0 aromatic heterocycles. The Kier molecular flexibility index (Phi) is 4.96. The summed E-state index contributed by atoms with van der Waals surface area (Å²) in [6.07, 6.45) is 1.18. The minimum Gasteiger partial charge on any atom is -0.872 e. The number of hydrogen-bond acceptors (Lipinski definition) is 6. The van der Waals surface area contributed by atoms with Crippen molar-refractivity contribution in [1.82, 2.24) is 4.72 Å². The first kappa shape index (κ1) is 17.6. The third-order valence-electron chi connectivity index (χ3n) is 3.29. The maximum Gasteiger partial charge on any atom is 0.270 e. The summed E-state index contributed by atoms with van der Waals surface area (Å²) in [6, 6.07) is 7.85. The molecule has 2 rings (SSSR count). The van der Waals surface area contributed by atoms with Crippen LogP contribution in [0.1, 0.15) is 11.1 Å². The summed E-state index contributed by atoms with van der Waals surface area (Å²) in [7, 11) is -2.33. The second-order valence-corrected chi connectivity index (χ2v) is 6.75. The zero-order valence-electron chi connectivity index (χ0n) is 12.9. The van der Waals surface area contributed by atoms with Gasteiger partial charge in [-0.3, -0.25) is 15.1 Å². The number of nitro groups is 1. The molecule has 0 heterocycles. The van der Waals surface area contributed by atoms with Crippen molar-refractivity contribution in [2.75, 3.05) is 7.05 Å². The molecule has 0 atom stereocenters. The van der Waals surface area contributed by atoms with Crippen molar-refractivity contribution in [3.05, 3.63) is 57.6 Å². The molecule has 0 unspecified atom stereocenters. The van der Waals surface area contributed by atoms with Crippen LogP contribution < -0.4 is 9.83 Å². The average Bonchev–Trinajstić information content (AvgIpc) is 2.54. The highest BCUT2D eigenvalue weighted by atomic mass is 32.2. The van der Waals surface area contributed by atoms with Gasteiger partial charge in [0, 0.05) is 18.3 Å². The summed E-state index contributed by atoms with van der Waals surface area (Å²) in [4.78, 5) is 14.3. The van der Waals surface area contributed by atoms with E-state index >= 15 is 0 Å². The number of aryl methyl sites for hydroxylation is 1. The molecule has 9 heteroatoms. The molecule has 0 saturated heterocycles. The predicted octanol–water partition coefficient (Wildman–Crippen LogP) is 1.64. The maximum absolute atomic E-state index is 11.9. The lowest BCUT2D eigenvalue weighted by Crippen LogP contribution is -2.19. The van der Waals surface area contributed by atoms with Gasteiger partial charge >= 0.3 is 0 Å². The van der Waals surface area contributed by atoms with Crippen LogP contribution in [0.5, 0.6) is 5.75 Å². The quantitative estimate of drug-likeness (QED) is 0.499. The molecule has 0 aliphatic rings. The Hall–Kier alpha value is -2.78. The van der Waals surface area contributed by atoms with Crippen molar-refractivity contribution in [1.29, 1.82) is 0 Å². The molecule has 0 radical (unpaired) electrons. The van der Waals surface area contributed by atoms with Crippen LogP contribution in [0.2, 0.25) is 0 Å². The smallest absolute Gasteiger partial charge is 0.270 e. The highest BCUT2D eigenvalue weighted by Gasteiger charge is 2.14. The third-order valence-corrected chi connectivity index (χ3v) is 4.84. The number of nitro benzene ring substituents is 1. The van der Waals surface area contributed by atoms with Gasteiger partial charge in [0.1, 0.15) is 0 Å². The van der Waals surface area contributed by atoms with E-state index in [9.17, 15) is 23.6 Å². The second-order valence-electron chi connectivity index (χ2n) is 4.89. The van der Waals surface area contributed by atoms with Crippen LogP contribution in [-0.4, -0.2) is 26.6 Å². The fourth-order valence-corrected chi connectivity index (χ4v) is 2.95. The molecule has 0 fully saturated rings. The fourth-order valence-electron chi connectivity index (χ4n) is 1.96. The predicted molar refractivity (Wildman–Crippen MR) is 87.2 cm³/mol.